The quantitative estimate of drug-likeness (QED) is 0.370. The van der Waals surface area contributed by atoms with Crippen molar-refractivity contribution < 1.29 is 19.3 Å². The summed E-state index contributed by atoms with van der Waals surface area (Å²) < 4.78 is 0. The Morgan fingerprint density at radius 1 is 1.22 bits per heavy atom. The third-order valence-corrected chi connectivity index (χ3v) is 5.81. The van der Waals surface area contributed by atoms with Crippen LogP contribution >= 0.6 is 0 Å². The number of likely N-dealkylation sites (tertiary alicyclic amines) is 1. The van der Waals surface area contributed by atoms with E-state index in [9.17, 15) is 24.5 Å². The van der Waals surface area contributed by atoms with Crippen LogP contribution in [-0.2, 0) is 14.4 Å². The molecule has 0 aromatic heterocycles. The van der Waals surface area contributed by atoms with Gasteiger partial charge < -0.3 is 5.32 Å². The zero-order chi connectivity index (χ0) is 19.3. The predicted molar refractivity (Wildman–Crippen MR) is 95.5 cm³/mol. The van der Waals surface area contributed by atoms with E-state index in [-0.39, 0.29) is 54.1 Å². The van der Waals surface area contributed by atoms with Crippen LogP contribution < -0.4 is 5.32 Å². The second-order valence-corrected chi connectivity index (χ2v) is 7.38. The smallest absolute Gasteiger partial charge is 0.274 e. The Kier molecular flexibility index (Phi) is 4.05. The van der Waals surface area contributed by atoms with Crippen molar-refractivity contribution in [2.24, 2.45) is 23.7 Å². The summed E-state index contributed by atoms with van der Waals surface area (Å²) in [5.41, 5.74) is 0.741. The third kappa shape index (κ3) is 2.81. The SMILES string of the molecule is Cc1ccc(NC(=O)CCN2C(=O)[C@@H]3[C@@H](C2=O)[C@@H]2C=C[C@@H]3C2)cc1[N+](=O)[O-]. The van der Waals surface area contributed by atoms with Crippen molar-refractivity contribution >= 4 is 29.1 Å². The lowest BCUT2D eigenvalue weighted by Crippen LogP contribution is -2.35. The number of hydrogen-bond acceptors (Lipinski definition) is 5. The first-order valence-electron chi connectivity index (χ1n) is 8.95. The molecule has 2 fully saturated rings. The van der Waals surface area contributed by atoms with Gasteiger partial charge >= 0.3 is 0 Å². The molecule has 8 heteroatoms. The Morgan fingerprint density at radius 3 is 2.44 bits per heavy atom. The number of rotatable bonds is 5. The molecule has 27 heavy (non-hydrogen) atoms. The Balaban J connectivity index is 1.38. The van der Waals surface area contributed by atoms with Gasteiger partial charge in [-0.25, -0.2) is 0 Å². The van der Waals surface area contributed by atoms with Crippen molar-refractivity contribution in [2.45, 2.75) is 19.8 Å². The lowest BCUT2D eigenvalue weighted by molar-refractivity contribution is -0.385. The topological polar surface area (TPSA) is 110 Å². The van der Waals surface area contributed by atoms with Gasteiger partial charge in [-0.05, 0) is 31.2 Å². The van der Waals surface area contributed by atoms with Crippen molar-refractivity contribution in [3.8, 4) is 0 Å². The molecule has 4 rings (SSSR count). The van der Waals surface area contributed by atoms with Crippen LogP contribution in [0.15, 0.2) is 30.4 Å². The summed E-state index contributed by atoms with van der Waals surface area (Å²) in [6.45, 7) is 1.65. The average molecular weight is 369 g/mol. The number of nitro benzene ring substituents is 1. The van der Waals surface area contributed by atoms with Crippen LogP contribution in [0.2, 0.25) is 0 Å². The van der Waals surface area contributed by atoms with Crippen LogP contribution in [-0.4, -0.2) is 34.1 Å². The van der Waals surface area contributed by atoms with E-state index >= 15 is 0 Å². The summed E-state index contributed by atoms with van der Waals surface area (Å²) in [6, 6.07) is 4.44. The van der Waals surface area contributed by atoms with Crippen molar-refractivity contribution in [3.63, 3.8) is 0 Å². The molecular formula is C19H19N3O5. The number of nitrogens with zero attached hydrogens (tertiary/aromatic N) is 2. The summed E-state index contributed by atoms with van der Waals surface area (Å²) in [7, 11) is 0. The third-order valence-electron chi connectivity index (χ3n) is 5.81. The molecule has 0 unspecified atom stereocenters. The number of anilines is 1. The maximum atomic E-state index is 12.6. The standard InChI is InChI=1S/C19H19N3O5/c1-10-2-5-13(9-14(10)22(26)27)20-15(23)6-7-21-18(24)16-11-3-4-12(8-11)17(16)19(21)25/h2-5,9,11-12,16-17H,6-8H2,1H3,(H,20,23)/t11-,12-,16+,17+/m1/s1. The number of nitro groups is 1. The van der Waals surface area contributed by atoms with Crippen molar-refractivity contribution in [1.29, 1.82) is 0 Å². The van der Waals surface area contributed by atoms with Gasteiger partial charge in [0.25, 0.3) is 5.69 Å². The molecular weight excluding hydrogens is 350 g/mol. The fourth-order valence-corrected chi connectivity index (χ4v) is 4.51. The molecule has 1 saturated heterocycles. The Labute approximate surface area is 155 Å². The number of carbonyl (C=O) groups excluding carboxylic acids is 3. The molecule has 0 radical (unpaired) electrons. The summed E-state index contributed by atoms with van der Waals surface area (Å²) >= 11 is 0. The first-order valence-corrected chi connectivity index (χ1v) is 8.95. The van der Waals surface area contributed by atoms with Gasteiger partial charge in [0.05, 0.1) is 16.8 Å². The van der Waals surface area contributed by atoms with Crippen LogP contribution in [0.5, 0.6) is 0 Å². The Hall–Kier alpha value is -3.03. The summed E-state index contributed by atoms with van der Waals surface area (Å²) in [6.07, 6.45) is 4.88. The Morgan fingerprint density at radius 2 is 1.85 bits per heavy atom. The lowest BCUT2D eigenvalue weighted by atomic mass is 9.85. The van der Waals surface area contributed by atoms with Crippen molar-refractivity contribution in [1.82, 2.24) is 4.90 Å². The van der Waals surface area contributed by atoms with Gasteiger partial charge in [-0.15, -0.1) is 0 Å². The van der Waals surface area contributed by atoms with E-state index in [1.807, 2.05) is 12.2 Å². The highest BCUT2D eigenvalue weighted by molar-refractivity contribution is 6.06. The molecule has 3 aliphatic rings. The molecule has 3 amide bonds. The van der Waals surface area contributed by atoms with Gasteiger partial charge in [0.1, 0.15) is 0 Å². The highest BCUT2D eigenvalue weighted by Crippen LogP contribution is 2.52. The number of allylic oxidation sites excluding steroid dienone is 2. The summed E-state index contributed by atoms with van der Waals surface area (Å²) in [5.74, 6) is -1.01. The van der Waals surface area contributed by atoms with Crippen molar-refractivity contribution in [2.75, 3.05) is 11.9 Å². The van der Waals surface area contributed by atoms with Gasteiger partial charge in [-0.3, -0.25) is 29.4 Å². The first kappa shape index (κ1) is 17.4. The summed E-state index contributed by atoms with van der Waals surface area (Å²) in [5, 5.41) is 13.6. The minimum absolute atomic E-state index is 0.0316. The minimum atomic E-state index is -0.506. The van der Waals surface area contributed by atoms with Crippen LogP contribution in [0.1, 0.15) is 18.4 Å². The fourth-order valence-electron chi connectivity index (χ4n) is 4.51. The molecule has 1 aromatic carbocycles. The molecule has 4 atom stereocenters. The highest BCUT2D eigenvalue weighted by atomic mass is 16.6. The molecule has 1 heterocycles. The Bertz CT molecular complexity index is 863. The number of aryl methyl sites for hydroxylation is 1. The zero-order valence-corrected chi connectivity index (χ0v) is 14.8. The number of imide groups is 1. The normalized spacial score (nSPS) is 28.0. The second-order valence-electron chi connectivity index (χ2n) is 7.38. The van der Waals surface area contributed by atoms with E-state index in [4.69, 9.17) is 0 Å². The summed E-state index contributed by atoms with van der Waals surface area (Å²) in [4.78, 5) is 49.0. The maximum Gasteiger partial charge on any atom is 0.274 e. The second kappa shape index (κ2) is 6.29. The van der Waals surface area contributed by atoms with E-state index in [1.165, 1.54) is 11.0 Å². The average Bonchev–Trinajstić information content (AvgIpc) is 3.29. The van der Waals surface area contributed by atoms with E-state index in [0.717, 1.165) is 6.42 Å². The lowest BCUT2D eigenvalue weighted by Gasteiger charge is -2.17. The number of nitrogens with one attached hydrogen (secondary N) is 1. The van der Waals surface area contributed by atoms with Gasteiger partial charge in [0.2, 0.25) is 17.7 Å². The van der Waals surface area contributed by atoms with Gasteiger partial charge in [0.15, 0.2) is 0 Å². The number of hydrogen-bond donors (Lipinski definition) is 1. The molecule has 1 aliphatic heterocycles. The van der Waals surface area contributed by atoms with E-state index < -0.39 is 10.8 Å². The monoisotopic (exact) mass is 369 g/mol. The van der Waals surface area contributed by atoms with Gasteiger partial charge in [-0.2, -0.15) is 0 Å². The molecule has 140 valence electrons. The number of amides is 3. The molecule has 1 saturated carbocycles. The van der Waals surface area contributed by atoms with Crippen molar-refractivity contribution in [3.05, 3.63) is 46.0 Å². The van der Waals surface area contributed by atoms with E-state index in [0.29, 0.717) is 11.3 Å². The van der Waals surface area contributed by atoms with E-state index in [2.05, 4.69) is 5.32 Å². The molecule has 2 aliphatic carbocycles. The van der Waals surface area contributed by atoms with Crippen LogP contribution in [0, 0.1) is 40.7 Å². The zero-order valence-electron chi connectivity index (χ0n) is 14.8. The highest BCUT2D eigenvalue weighted by Gasteiger charge is 2.58. The number of benzene rings is 1. The van der Waals surface area contributed by atoms with E-state index in [1.54, 1.807) is 19.1 Å². The molecule has 2 bridgehead atoms. The van der Waals surface area contributed by atoms with Gasteiger partial charge in [-0.1, -0.05) is 18.2 Å². The first-order chi connectivity index (χ1) is 12.9. The van der Waals surface area contributed by atoms with Crippen LogP contribution in [0.4, 0.5) is 11.4 Å². The van der Waals surface area contributed by atoms with Gasteiger partial charge in [0, 0.05) is 30.3 Å². The predicted octanol–water partition coefficient (Wildman–Crippen LogP) is 2.04. The fraction of sp³-hybridized carbons (Fsp3) is 0.421. The molecule has 1 aromatic rings. The molecule has 1 N–H and O–H groups in total. The number of fused-ring (bicyclic) bond motifs is 5. The largest absolute Gasteiger partial charge is 0.326 e. The maximum absolute atomic E-state index is 12.6. The van der Waals surface area contributed by atoms with Crippen LogP contribution in [0.25, 0.3) is 0 Å². The molecule has 0 spiro atoms. The number of carbonyl (C=O) groups is 3. The van der Waals surface area contributed by atoms with Crippen LogP contribution in [0.3, 0.4) is 0 Å². The minimum Gasteiger partial charge on any atom is -0.326 e. The molecule has 8 nitrogen and oxygen atoms in total.